The first kappa shape index (κ1) is 26.3. The lowest BCUT2D eigenvalue weighted by molar-refractivity contribution is -0.125. The summed E-state index contributed by atoms with van der Waals surface area (Å²) in [5.41, 5.74) is 6.47. The Kier molecular flexibility index (Phi) is 7.04. The molecule has 1 aliphatic heterocycles. The van der Waals surface area contributed by atoms with Crippen molar-refractivity contribution < 1.29 is 28.3 Å². The molecular formula is C26H26ClFN6O5. The second-order valence-electron chi connectivity index (χ2n) is 9.47. The molecule has 1 aliphatic carbocycles. The topological polar surface area (TPSA) is 148 Å². The van der Waals surface area contributed by atoms with E-state index in [-0.39, 0.29) is 47.3 Å². The van der Waals surface area contributed by atoms with E-state index in [0.29, 0.717) is 23.1 Å². The number of likely N-dealkylation sites (N-methyl/N-ethyl adjacent to an activating group) is 1. The summed E-state index contributed by atoms with van der Waals surface area (Å²) >= 11 is 5.83. The highest BCUT2D eigenvalue weighted by atomic mass is 35.5. The van der Waals surface area contributed by atoms with Gasteiger partial charge in [-0.05, 0) is 43.0 Å². The Morgan fingerprint density at radius 2 is 1.97 bits per heavy atom. The molecule has 5 N–H and O–H groups in total. The van der Waals surface area contributed by atoms with E-state index >= 15 is 0 Å². The Labute approximate surface area is 227 Å². The third-order valence-corrected chi connectivity index (χ3v) is 7.32. The molecule has 0 unspecified atom stereocenters. The first-order valence-corrected chi connectivity index (χ1v) is 12.6. The lowest BCUT2D eigenvalue weighted by atomic mass is 10.1. The maximum Gasteiger partial charge on any atom is 0.323 e. The van der Waals surface area contributed by atoms with Crippen molar-refractivity contribution in [3.05, 3.63) is 59.0 Å². The number of amides is 5. The minimum atomic E-state index is -0.756. The number of hydrogen-bond acceptors (Lipinski definition) is 5. The number of carbonyl (C=O) groups is 4. The Morgan fingerprint density at radius 1 is 1.18 bits per heavy atom. The van der Waals surface area contributed by atoms with E-state index in [1.54, 1.807) is 24.3 Å². The summed E-state index contributed by atoms with van der Waals surface area (Å²) in [6, 6.07) is 7.18. The third-order valence-electron chi connectivity index (χ3n) is 7.03. The van der Waals surface area contributed by atoms with Gasteiger partial charge in [-0.2, -0.15) is 0 Å². The van der Waals surface area contributed by atoms with Crippen LogP contribution in [-0.2, 0) is 16.1 Å². The van der Waals surface area contributed by atoms with E-state index in [1.807, 2.05) is 0 Å². The van der Waals surface area contributed by atoms with E-state index in [9.17, 15) is 23.6 Å². The fraction of sp³-hybridized carbons (Fsp3) is 0.308. The number of carbonyl (C=O) groups excluding carboxylic acids is 4. The molecule has 5 rings (SSSR count). The highest BCUT2D eigenvalue weighted by molar-refractivity contribution is 6.30. The van der Waals surface area contributed by atoms with Crippen molar-refractivity contribution in [2.75, 3.05) is 19.0 Å². The van der Waals surface area contributed by atoms with E-state index in [2.05, 4.69) is 16.0 Å². The van der Waals surface area contributed by atoms with Gasteiger partial charge >= 0.3 is 12.1 Å². The predicted molar refractivity (Wildman–Crippen MR) is 141 cm³/mol. The van der Waals surface area contributed by atoms with Crippen LogP contribution in [0.3, 0.4) is 0 Å². The number of ether oxygens (including phenoxy) is 1. The standard InChI is InChI=1S/C26H26ClFN6O5/c1-30-22(35)12-39-15-5-6-19-16(9-15)18(11-33(19)25(29)37)32-26(38)34-20-7-14(20)8-21(34)24(36)31-10-13-3-2-4-17(27)23(13)28/h2-6,9,11,14,20-21H,7-8,10,12H2,1H3,(H2,29,37)(H,30,35)(H,31,36)(H,32,38)/t14-,20-,21+/m1/s1. The Morgan fingerprint density at radius 3 is 2.72 bits per heavy atom. The van der Waals surface area contributed by atoms with Crippen LogP contribution in [0.4, 0.5) is 19.7 Å². The molecule has 5 amide bonds. The van der Waals surface area contributed by atoms with Crippen LogP contribution in [0.1, 0.15) is 18.4 Å². The van der Waals surface area contributed by atoms with Gasteiger partial charge in [-0.25, -0.2) is 14.0 Å². The minimum Gasteiger partial charge on any atom is -0.484 e. The Hall–Kier alpha value is -4.32. The number of likely N-dealkylation sites (tertiary alicyclic amines) is 1. The summed E-state index contributed by atoms with van der Waals surface area (Å²) in [7, 11) is 1.49. The molecule has 3 aromatic rings. The summed E-state index contributed by atoms with van der Waals surface area (Å²) < 4.78 is 20.9. The summed E-state index contributed by atoms with van der Waals surface area (Å²) in [6.07, 6.45) is 2.66. The van der Waals surface area contributed by atoms with Gasteiger partial charge in [-0.3, -0.25) is 14.2 Å². The van der Waals surface area contributed by atoms with Crippen LogP contribution in [0, 0.1) is 11.7 Å². The number of hydrogen-bond donors (Lipinski definition) is 4. The van der Waals surface area contributed by atoms with Crippen LogP contribution >= 0.6 is 11.6 Å². The molecule has 0 bridgehead atoms. The van der Waals surface area contributed by atoms with E-state index in [4.69, 9.17) is 22.1 Å². The van der Waals surface area contributed by atoms with Crippen molar-refractivity contribution in [1.29, 1.82) is 0 Å². The maximum absolute atomic E-state index is 14.2. The number of nitrogens with zero attached hydrogens (tertiary/aromatic N) is 2. The van der Waals surface area contributed by atoms with Crippen molar-refractivity contribution in [3.63, 3.8) is 0 Å². The van der Waals surface area contributed by atoms with Crippen LogP contribution in [0.5, 0.6) is 5.75 Å². The summed E-state index contributed by atoms with van der Waals surface area (Å²) in [4.78, 5) is 51.6. The smallest absolute Gasteiger partial charge is 0.323 e. The molecule has 2 fully saturated rings. The van der Waals surface area contributed by atoms with Crippen molar-refractivity contribution in [2.24, 2.45) is 11.7 Å². The molecule has 13 heteroatoms. The molecule has 11 nitrogen and oxygen atoms in total. The molecular weight excluding hydrogens is 531 g/mol. The molecule has 1 saturated carbocycles. The number of fused-ring (bicyclic) bond motifs is 2. The van der Waals surface area contributed by atoms with Crippen LogP contribution in [0.2, 0.25) is 5.02 Å². The van der Waals surface area contributed by atoms with Gasteiger partial charge < -0.3 is 31.3 Å². The van der Waals surface area contributed by atoms with E-state index in [1.165, 1.54) is 34.8 Å². The Balaban J connectivity index is 1.34. The summed E-state index contributed by atoms with van der Waals surface area (Å²) in [6.45, 7) is -0.287. The van der Waals surface area contributed by atoms with Gasteiger partial charge in [0.05, 0.1) is 16.2 Å². The Bertz CT molecular complexity index is 1490. The third kappa shape index (κ3) is 5.19. The molecule has 2 heterocycles. The van der Waals surface area contributed by atoms with Gasteiger partial charge in [-0.15, -0.1) is 0 Å². The highest BCUT2D eigenvalue weighted by Crippen LogP contribution is 2.48. The monoisotopic (exact) mass is 556 g/mol. The molecule has 204 valence electrons. The highest BCUT2D eigenvalue weighted by Gasteiger charge is 2.56. The fourth-order valence-corrected chi connectivity index (χ4v) is 5.14. The number of nitrogens with two attached hydrogens (primary N) is 1. The molecule has 0 radical (unpaired) electrons. The quantitative estimate of drug-likeness (QED) is 0.353. The van der Waals surface area contributed by atoms with Crippen molar-refractivity contribution in [3.8, 4) is 5.75 Å². The second-order valence-corrected chi connectivity index (χ2v) is 9.88. The van der Waals surface area contributed by atoms with Crippen LogP contribution in [-0.4, -0.2) is 59.1 Å². The molecule has 1 aromatic heterocycles. The first-order valence-electron chi connectivity index (χ1n) is 12.3. The van der Waals surface area contributed by atoms with Crippen molar-refractivity contribution >= 4 is 52.1 Å². The van der Waals surface area contributed by atoms with Crippen LogP contribution < -0.4 is 26.4 Å². The van der Waals surface area contributed by atoms with Gasteiger partial charge in [0.2, 0.25) is 5.91 Å². The largest absolute Gasteiger partial charge is 0.484 e. The lowest BCUT2D eigenvalue weighted by Gasteiger charge is -2.27. The SMILES string of the molecule is CNC(=O)COc1ccc2c(c1)c(NC(=O)N1[C@@H]3C[C@@H]3C[C@H]1C(=O)NCc1cccc(Cl)c1F)cn2C(N)=O. The molecule has 1 saturated heterocycles. The minimum absolute atomic E-state index is 0.0397. The van der Waals surface area contributed by atoms with Crippen LogP contribution in [0.15, 0.2) is 42.6 Å². The number of piperidine rings is 1. The van der Waals surface area contributed by atoms with E-state index < -0.39 is 29.8 Å². The fourth-order valence-electron chi connectivity index (χ4n) is 4.95. The summed E-state index contributed by atoms with van der Waals surface area (Å²) in [5, 5.41) is 8.39. The first-order chi connectivity index (χ1) is 18.7. The van der Waals surface area contributed by atoms with Crippen LogP contribution in [0.25, 0.3) is 10.9 Å². The number of halogens is 2. The average Bonchev–Trinajstić information content (AvgIpc) is 3.43. The summed E-state index contributed by atoms with van der Waals surface area (Å²) in [5.74, 6) is -0.786. The van der Waals surface area contributed by atoms with Gasteiger partial charge in [0.15, 0.2) is 6.61 Å². The maximum atomic E-state index is 14.2. The zero-order valence-corrected chi connectivity index (χ0v) is 21.6. The van der Waals surface area contributed by atoms with E-state index in [0.717, 1.165) is 6.42 Å². The van der Waals surface area contributed by atoms with Gasteiger partial charge in [0.1, 0.15) is 17.6 Å². The molecule has 0 spiro atoms. The number of primary amides is 1. The number of rotatable bonds is 7. The van der Waals surface area contributed by atoms with Crippen molar-refractivity contribution in [1.82, 2.24) is 20.1 Å². The zero-order valence-electron chi connectivity index (χ0n) is 20.9. The second kappa shape index (κ2) is 10.4. The van der Waals surface area contributed by atoms with Crippen molar-refractivity contribution in [2.45, 2.75) is 31.5 Å². The number of urea groups is 1. The number of nitrogens with one attached hydrogen (secondary N) is 3. The van der Waals surface area contributed by atoms with Gasteiger partial charge in [-0.1, -0.05) is 23.7 Å². The molecule has 3 atom stereocenters. The number of aromatic nitrogens is 1. The number of benzene rings is 2. The molecule has 2 aliphatic rings. The average molecular weight is 557 g/mol. The van der Waals surface area contributed by atoms with Gasteiger partial charge in [0, 0.05) is 36.8 Å². The molecule has 2 aromatic carbocycles. The molecule has 39 heavy (non-hydrogen) atoms. The zero-order chi connectivity index (χ0) is 27.8. The normalized spacial score (nSPS) is 19.4. The lowest BCUT2D eigenvalue weighted by Crippen LogP contribution is -2.49. The predicted octanol–water partition coefficient (Wildman–Crippen LogP) is 2.80. The number of anilines is 1. The van der Waals surface area contributed by atoms with Gasteiger partial charge in [0.25, 0.3) is 5.91 Å².